The first-order chi connectivity index (χ1) is 11.9. The minimum absolute atomic E-state index is 0.227. The summed E-state index contributed by atoms with van der Waals surface area (Å²) >= 11 is 0. The molecule has 2 N–H and O–H groups in total. The topological polar surface area (TPSA) is 49.7 Å². The van der Waals surface area contributed by atoms with Gasteiger partial charge in [-0.3, -0.25) is 0 Å². The van der Waals surface area contributed by atoms with Crippen LogP contribution < -0.4 is 0 Å². The van der Waals surface area contributed by atoms with E-state index in [2.05, 4.69) is 0 Å². The van der Waals surface area contributed by atoms with Crippen molar-refractivity contribution in [1.82, 2.24) is 0 Å². The highest BCUT2D eigenvalue weighted by Gasteiger charge is 2.40. The number of aliphatic hydroxyl groups is 2. The molecule has 0 heterocycles. The van der Waals surface area contributed by atoms with Gasteiger partial charge in [-0.05, 0) is 31.4 Å². The summed E-state index contributed by atoms with van der Waals surface area (Å²) < 4.78 is 44.2. The van der Waals surface area contributed by atoms with Crippen molar-refractivity contribution in [3.8, 4) is 0 Å². The lowest BCUT2D eigenvalue weighted by Crippen LogP contribution is -2.25. The van der Waals surface area contributed by atoms with Crippen molar-refractivity contribution in [3.63, 3.8) is 0 Å². The fourth-order valence-corrected chi connectivity index (χ4v) is 3.00. The van der Waals surface area contributed by atoms with E-state index in [9.17, 15) is 18.3 Å². The number of rotatable bonds is 12. The largest absolute Gasteiger partial charge is 0.507 e. The summed E-state index contributed by atoms with van der Waals surface area (Å²) in [4.78, 5) is 0. The van der Waals surface area contributed by atoms with Crippen LogP contribution in [0.25, 0.3) is 0 Å². The van der Waals surface area contributed by atoms with Crippen molar-refractivity contribution >= 4 is 0 Å². The molecule has 0 spiro atoms. The van der Waals surface area contributed by atoms with Gasteiger partial charge in [-0.1, -0.05) is 44.9 Å². The SMILES string of the molecule is CC1=CC(OCCCCCCCCCCCO)CC(C(F)(F)F)=C1O. The molecule has 0 fully saturated rings. The smallest absolute Gasteiger partial charge is 0.416 e. The number of hydrogen-bond donors (Lipinski definition) is 2. The highest BCUT2D eigenvalue weighted by atomic mass is 19.4. The molecule has 0 saturated heterocycles. The normalized spacial score (nSPS) is 18.6. The number of halogens is 3. The van der Waals surface area contributed by atoms with Gasteiger partial charge in [-0.2, -0.15) is 13.2 Å². The van der Waals surface area contributed by atoms with Crippen LogP contribution in [-0.2, 0) is 4.74 Å². The highest BCUT2D eigenvalue weighted by molar-refractivity contribution is 5.36. The Morgan fingerprint density at radius 3 is 2.04 bits per heavy atom. The molecular formula is C19H31F3O3. The zero-order valence-electron chi connectivity index (χ0n) is 15.1. The fraction of sp³-hybridized carbons (Fsp3) is 0.789. The first kappa shape index (κ1) is 22.0. The minimum Gasteiger partial charge on any atom is -0.507 e. The van der Waals surface area contributed by atoms with Crippen LogP contribution in [0, 0.1) is 0 Å². The van der Waals surface area contributed by atoms with Gasteiger partial charge in [0.15, 0.2) is 0 Å². The van der Waals surface area contributed by atoms with Gasteiger partial charge < -0.3 is 14.9 Å². The van der Waals surface area contributed by atoms with Crippen LogP contribution in [0.3, 0.4) is 0 Å². The van der Waals surface area contributed by atoms with Gasteiger partial charge in [0.25, 0.3) is 0 Å². The van der Waals surface area contributed by atoms with Gasteiger partial charge in [0.1, 0.15) is 5.76 Å². The molecule has 3 nitrogen and oxygen atoms in total. The van der Waals surface area contributed by atoms with Crippen LogP contribution in [0.1, 0.15) is 71.1 Å². The lowest BCUT2D eigenvalue weighted by atomic mass is 9.95. The minimum atomic E-state index is -4.52. The molecule has 0 saturated carbocycles. The Morgan fingerprint density at radius 2 is 1.52 bits per heavy atom. The number of aliphatic hydroxyl groups excluding tert-OH is 2. The molecule has 146 valence electrons. The van der Waals surface area contributed by atoms with E-state index in [0.29, 0.717) is 6.61 Å². The monoisotopic (exact) mass is 364 g/mol. The third-order valence-electron chi connectivity index (χ3n) is 4.48. The molecule has 0 aromatic heterocycles. The van der Waals surface area contributed by atoms with E-state index >= 15 is 0 Å². The third-order valence-corrected chi connectivity index (χ3v) is 4.48. The van der Waals surface area contributed by atoms with E-state index in [-0.39, 0.29) is 18.6 Å². The van der Waals surface area contributed by atoms with Gasteiger partial charge >= 0.3 is 6.18 Å². The molecule has 0 bridgehead atoms. The summed E-state index contributed by atoms with van der Waals surface area (Å²) in [5, 5.41) is 18.3. The standard InChI is InChI=1S/C19H31F3O3/c1-15-13-16(14-17(18(15)24)19(20,21)22)25-12-10-8-6-4-2-3-5-7-9-11-23/h13,16,23-24H,2-12,14H2,1H3. The average molecular weight is 364 g/mol. The molecule has 0 aromatic rings. The quantitative estimate of drug-likeness (QED) is 0.443. The Bertz CT molecular complexity index is 442. The average Bonchev–Trinajstić information content (AvgIpc) is 2.54. The maximum atomic E-state index is 12.9. The molecule has 1 aliphatic rings. The Labute approximate surface area is 148 Å². The third kappa shape index (κ3) is 8.77. The molecular weight excluding hydrogens is 333 g/mol. The molecule has 25 heavy (non-hydrogen) atoms. The van der Waals surface area contributed by atoms with E-state index < -0.39 is 23.6 Å². The number of allylic oxidation sites excluding steroid dienone is 1. The van der Waals surface area contributed by atoms with Gasteiger partial charge in [0.05, 0.1) is 11.7 Å². The second-order valence-corrected chi connectivity index (χ2v) is 6.69. The number of unbranched alkanes of at least 4 members (excludes halogenated alkanes) is 8. The van der Waals surface area contributed by atoms with Gasteiger partial charge in [0.2, 0.25) is 0 Å². The van der Waals surface area contributed by atoms with Crippen LogP contribution in [-0.4, -0.2) is 35.7 Å². The van der Waals surface area contributed by atoms with E-state index in [1.54, 1.807) is 6.08 Å². The summed E-state index contributed by atoms with van der Waals surface area (Å²) in [5.74, 6) is -0.661. The van der Waals surface area contributed by atoms with Crippen molar-refractivity contribution < 1.29 is 28.1 Å². The van der Waals surface area contributed by atoms with Crippen molar-refractivity contribution in [2.45, 2.75) is 83.4 Å². The summed E-state index contributed by atoms with van der Waals surface area (Å²) in [6.45, 7) is 2.18. The van der Waals surface area contributed by atoms with Gasteiger partial charge in [0, 0.05) is 19.6 Å². The van der Waals surface area contributed by atoms with Crippen LogP contribution in [0.4, 0.5) is 13.2 Å². The van der Waals surface area contributed by atoms with Crippen LogP contribution in [0.2, 0.25) is 0 Å². The Kier molecular flexibility index (Phi) is 10.2. The molecule has 1 rings (SSSR count). The molecule has 6 heteroatoms. The summed E-state index contributed by atoms with van der Waals surface area (Å²) in [6.07, 6.45) is 5.76. The Hall–Kier alpha value is -1.01. The Morgan fingerprint density at radius 1 is 1.00 bits per heavy atom. The number of alkyl halides is 3. The fourth-order valence-electron chi connectivity index (χ4n) is 3.00. The zero-order valence-corrected chi connectivity index (χ0v) is 15.1. The van der Waals surface area contributed by atoms with E-state index in [4.69, 9.17) is 9.84 Å². The van der Waals surface area contributed by atoms with E-state index in [0.717, 1.165) is 38.5 Å². The molecule has 0 aromatic carbocycles. The maximum Gasteiger partial charge on any atom is 0.416 e. The van der Waals surface area contributed by atoms with Crippen molar-refractivity contribution in [2.75, 3.05) is 13.2 Å². The van der Waals surface area contributed by atoms with Crippen molar-refractivity contribution in [2.24, 2.45) is 0 Å². The van der Waals surface area contributed by atoms with Crippen molar-refractivity contribution in [1.29, 1.82) is 0 Å². The molecule has 0 radical (unpaired) electrons. The predicted molar refractivity (Wildman–Crippen MR) is 92.5 cm³/mol. The van der Waals surface area contributed by atoms with Gasteiger partial charge in [-0.15, -0.1) is 0 Å². The lowest BCUT2D eigenvalue weighted by molar-refractivity contribution is -0.101. The van der Waals surface area contributed by atoms with Crippen LogP contribution >= 0.6 is 0 Å². The van der Waals surface area contributed by atoms with Gasteiger partial charge in [-0.25, -0.2) is 0 Å². The van der Waals surface area contributed by atoms with Crippen LogP contribution in [0.5, 0.6) is 0 Å². The summed E-state index contributed by atoms with van der Waals surface area (Å²) in [5.41, 5.74) is -0.663. The number of hydrogen-bond acceptors (Lipinski definition) is 3. The molecule has 0 aliphatic heterocycles. The van der Waals surface area contributed by atoms with E-state index in [1.165, 1.54) is 26.2 Å². The van der Waals surface area contributed by atoms with Crippen LogP contribution in [0.15, 0.2) is 23.0 Å². The predicted octanol–water partition coefficient (Wildman–Crippen LogP) is 5.60. The Balaban J connectivity index is 2.11. The molecule has 0 amide bonds. The first-order valence-electron chi connectivity index (χ1n) is 9.26. The van der Waals surface area contributed by atoms with Crippen molar-refractivity contribution in [3.05, 3.63) is 23.0 Å². The molecule has 1 unspecified atom stereocenters. The zero-order chi connectivity index (χ0) is 18.7. The van der Waals surface area contributed by atoms with E-state index in [1.807, 2.05) is 0 Å². The first-order valence-corrected chi connectivity index (χ1v) is 9.26. The second kappa shape index (κ2) is 11.6. The molecule has 1 atom stereocenters. The lowest BCUT2D eigenvalue weighted by Gasteiger charge is -2.24. The number of ether oxygens (including phenoxy) is 1. The summed E-state index contributed by atoms with van der Waals surface area (Å²) in [7, 11) is 0. The highest BCUT2D eigenvalue weighted by Crippen LogP contribution is 2.36. The summed E-state index contributed by atoms with van der Waals surface area (Å²) in [6, 6.07) is 0. The maximum absolute atomic E-state index is 12.9. The molecule has 1 aliphatic carbocycles. The second-order valence-electron chi connectivity index (χ2n) is 6.69.